The first-order valence-corrected chi connectivity index (χ1v) is 6.93. The van der Waals surface area contributed by atoms with Crippen LogP contribution >= 0.6 is 0 Å². The Balaban J connectivity index is 1.98. The summed E-state index contributed by atoms with van der Waals surface area (Å²) >= 11 is 0. The Morgan fingerprint density at radius 2 is 1.77 bits per heavy atom. The third-order valence-electron chi connectivity index (χ3n) is 3.69. The molecule has 1 aliphatic carbocycles. The van der Waals surface area contributed by atoms with Crippen LogP contribution in [0.2, 0.25) is 0 Å². The van der Waals surface area contributed by atoms with Gasteiger partial charge in [0.2, 0.25) is 5.78 Å². The minimum absolute atomic E-state index is 0.000521. The highest BCUT2D eigenvalue weighted by Gasteiger charge is 2.38. The molecule has 2 heterocycles. The number of nitrogens with zero attached hydrogens (tertiary/aromatic N) is 3. The van der Waals surface area contributed by atoms with Crippen molar-refractivity contribution in [2.75, 3.05) is 33.1 Å². The van der Waals surface area contributed by atoms with Gasteiger partial charge in [-0.05, 0) is 24.3 Å². The van der Waals surface area contributed by atoms with E-state index in [1.54, 1.807) is 12.1 Å². The molecule has 0 atom stereocenters. The molecule has 2 aliphatic rings. The highest BCUT2D eigenvalue weighted by Crippen LogP contribution is 2.39. The normalized spacial score (nSPS) is 20.4. The number of aliphatic hydroxyl groups excluding tert-OH is 1. The molecular weight excluding hydrogens is 280 g/mol. The van der Waals surface area contributed by atoms with E-state index in [0.29, 0.717) is 17.0 Å². The van der Waals surface area contributed by atoms with E-state index in [2.05, 4.69) is 9.98 Å². The van der Waals surface area contributed by atoms with Crippen molar-refractivity contribution in [3.63, 3.8) is 0 Å². The maximum Gasteiger partial charge on any atom is 0.204 e. The first-order chi connectivity index (χ1) is 10.4. The minimum Gasteiger partial charge on any atom is -0.506 e. The second-order valence-corrected chi connectivity index (χ2v) is 5.66. The van der Waals surface area contributed by atoms with Crippen LogP contribution in [0.1, 0.15) is 5.69 Å². The Morgan fingerprint density at radius 3 is 2.27 bits per heavy atom. The average molecular weight is 298 g/mol. The molecule has 22 heavy (non-hydrogen) atoms. The molecule has 0 saturated heterocycles. The van der Waals surface area contributed by atoms with Gasteiger partial charge in [0, 0.05) is 28.2 Å². The molecule has 0 spiro atoms. The summed E-state index contributed by atoms with van der Waals surface area (Å²) in [7, 11) is 7.56. The van der Waals surface area contributed by atoms with Crippen LogP contribution in [0.3, 0.4) is 0 Å². The number of likely N-dealkylation sites (N-methyl/N-ethyl adjacent to an activating group) is 1. The number of hydrogen-bond acceptors (Lipinski definition) is 5. The predicted octanol–water partition coefficient (Wildman–Crippen LogP) is 1.72. The number of aliphatic imine (C=N–C) groups is 1. The van der Waals surface area contributed by atoms with Gasteiger partial charge in [0.15, 0.2) is 0 Å². The van der Waals surface area contributed by atoms with Crippen LogP contribution in [-0.4, -0.2) is 54.8 Å². The molecule has 1 aromatic heterocycles. The largest absolute Gasteiger partial charge is 0.506 e. The molecule has 0 unspecified atom stereocenters. The van der Waals surface area contributed by atoms with Gasteiger partial charge in [-0.1, -0.05) is 0 Å². The lowest BCUT2D eigenvalue weighted by Crippen LogP contribution is -2.23. The van der Waals surface area contributed by atoms with Gasteiger partial charge in [-0.3, -0.25) is 4.79 Å². The highest BCUT2D eigenvalue weighted by molar-refractivity contribution is 6.39. The van der Waals surface area contributed by atoms with Crippen LogP contribution in [0, 0.1) is 0 Å². The molecule has 0 radical (unpaired) electrons. The molecule has 1 aromatic rings. The molecule has 0 aromatic carbocycles. The van der Waals surface area contributed by atoms with E-state index in [4.69, 9.17) is 0 Å². The van der Waals surface area contributed by atoms with Crippen molar-refractivity contribution < 1.29 is 9.90 Å². The maximum absolute atomic E-state index is 12.4. The lowest BCUT2D eigenvalue weighted by Gasteiger charge is -2.21. The third-order valence-corrected chi connectivity index (χ3v) is 3.69. The molecule has 6 nitrogen and oxygen atoms in total. The van der Waals surface area contributed by atoms with Crippen molar-refractivity contribution >= 4 is 23.0 Å². The number of aromatic nitrogens is 1. The van der Waals surface area contributed by atoms with E-state index >= 15 is 0 Å². The molecule has 114 valence electrons. The van der Waals surface area contributed by atoms with Crippen molar-refractivity contribution in [3.05, 3.63) is 47.0 Å². The number of ketones is 1. The minimum atomic E-state index is -0.187. The maximum atomic E-state index is 12.4. The summed E-state index contributed by atoms with van der Waals surface area (Å²) in [5, 5.41) is 10.3. The number of carbonyl (C=O) groups is 1. The summed E-state index contributed by atoms with van der Waals surface area (Å²) in [6.07, 6.45) is 3.56. The fourth-order valence-corrected chi connectivity index (χ4v) is 2.42. The highest BCUT2D eigenvalue weighted by atomic mass is 16.3. The quantitative estimate of drug-likeness (QED) is 0.816. The summed E-state index contributed by atoms with van der Waals surface area (Å²) in [4.78, 5) is 23.6. The molecule has 0 fully saturated rings. The number of aromatic amines is 1. The van der Waals surface area contributed by atoms with Crippen LogP contribution in [0.25, 0.3) is 5.57 Å². The zero-order valence-electron chi connectivity index (χ0n) is 13.0. The number of amidine groups is 1. The van der Waals surface area contributed by atoms with Crippen molar-refractivity contribution in [3.8, 4) is 0 Å². The van der Waals surface area contributed by atoms with Crippen LogP contribution in [0.15, 0.2) is 46.3 Å². The fraction of sp³-hybridized carbons (Fsp3) is 0.250. The van der Waals surface area contributed by atoms with Crippen molar-refractivity contribution in [1.82, 2.24) is 9.88 Å². The number of anilines is 1. The van der Waals surface area contributed by atoms with E-state index in [9.17, 15) is 9.90 Å². The second kappa shape index (κ2) is 4.91. The topological polar surface area (TPSA) is 71.9 Å². The van der Waals surface area contributed by atoms with Gasteiger partial charge < -0.3 is 19.9 Å². The molecule has 1 aliphatic heterocycles. The van der Waals surface area contributed by atoms with Crippen LogP contribution < -0.4 is 4.90 Å². The molecule has 6 heteroatoms. The summed E-state index contributed by atoms with van der Waals surface area (Å²) in [6, 6.07) is 3.66. The van der Waals surface area contributed by atoms with E-state index in [1.165, 1.54) is 0 Å². The van der Waals surface area contributed by atoms with Crippen molar-refractivity contribution in [1.29, 1.82) is 0 Å². The summed E-state index contributed by atoms with van der Waals surface area (Å²) in [5.74, 6) is 1.44. The van der Waals surface area contributed by atoms with Gasteiger partial charge in [-0.15, -0.1) is 0 Å². The van der Waals surface area contributed by atoms with E-state index in [0.717, 1.165) is 11.7 Å². The lowest BCUT2D eigenvalue weighted by atomic mass is 9.85. The zero-order valence-corrected chi connectivity index (χ0v) is 13.0. The number of H-pyrrole nitrogens is 1. The molecule has 3 rings (SSSR count). The van der Waals surface area contributed by atoms with Gasteiger partial charge in [-0.25, -0.2) is 4.99 Å². The number of nitrogens with one attached hydrogen (secondary N) is 1. The number of carbonyl (C=O) groups excluding carboxylic acids is 1. The number of aliphatic hydroxyl groups is 1. The van der Waals surface area contributed by atoms with Crippen molar-refractivity contribution in [2.24, 2.45) is 4.99 Å². The Kier molecular flexibility index (Phi) is 3.16. The van der Waals surface area contributed by atoms with Gasteiger partial charge in [0.25, 0.3) is 0 Å². The third kappa shape index (κ3) is 2.04. The van der Waals surface area contributed by atoms with Gasteiger partial charge in [0.05, 0.1) is 22.5 Å². The molecule has 0 amide bonds. The summed E-state index contributed by atoms with van der Waals surface area (Å²) in [6.45, 7) is 0. The second-order valence-electron chi connectivity index (χ2n) is 5.66. The zero-order chi connectivity index (χ0) is 16.0. The van der Waals surface area contributed by atoms with Gasteiger partial charge in [0.1, 0.15) is 17.4 Å². The summed E-state index contributed by atoms with van der Waals surface area (Å²) in [5.41, 5.74) is 1.73. The van der Waals surface area contributed by atoms with Gasteiger partial charge >= 0.3 is 0 Å². The number of Topliss-reactive ketones (excluding diaryl/α,β-unsaturated/α-hetero) is 1. The van der Waals surface area contributed by atoms with Crippen LogP contribution in [0.4, 0.5) is 5.82 Å². The van der Waals surface area contributed by atoms with E-state index in [1.807, 2.05) is 50.1 Å². The van der Waals surface area contributed by atoms with E-state index in [-0.39, 0.29) is 17.1 Å². The number of allylic oxidation sites excluding steroid dienone is 3. The average Bonchev–Trinajstić information content (AvgIpc) is 3.08. The number of hydrogen-bond donors (Lipinski definition) is 2. The Morgan fingerprint density at radius 1 is 1.05 bits per heavy atom. The van der Waals surface area contributed by atoms with Crippen LogP contribution in [-0.2, 0) is 4.79 Å². The monoisotopic (exact) mass is 298 g/mol. The first kappa shape index (κ1) is 14.2. The van der Waals surface area contributed by atoms with Crippen LogP contribution in [0.5, 0.6) is 0 Å². The lowest BCUT2D eigenvalue weighted by molar-refractivity contribution is -0.111. The molecule has 0 bridgehead atoms. The van der Waals surface area contributed by atoms with E-state index < -0.39 is 0 Å². The Bertz CT molecular complexity index is 776. The fourth-order valence-electron chi connectivity index (χ4n) is 2.42. The smallest absolute Gasteiger partial charge is 0.204 e. The molecule has 0 saturated carbocycles. The standard InChI is InChI=1S/C16H18N4O2/c1-19(2)11-7-5-9(17-11)13-15(21)14(16(13)22)10-6-8-12(18-10)20(3)4/h5-8,17,21H,1-4H3/b14-10+. The Hall–Kier alpha value is -2.76. The number of rotatable bonds is 2. The Labute approximate surface area is 128 Å². The summed E-state index contributed by atoms with van der Waals surface area (Å²) < 4.78 is 0. The molecular formula is C16H18N4O2. The van der Waals surface area contributed by atoms with Gasteiger partial charge in [-0.2, -0.15) is 0 Å². The SMILES string of the molecule is CN(C)C1=N/C(=C2/C(=O)C(c3ccc(N(C)C)[nH]3)=C2O)C=C1. The van der Waals surface area contributed by atoms with Crippen molar-refractivity contribution in [2.45, 2.75) is 0 Å². The predicted molar refractivity (Wildman–Crippen MR) is 87.0 cm³/mol. The first-order valence-electron chi connectivity index (χ1n) is 6.93. The molecule has 2 N–H and O–H groups in total.